The standard InChI is InChI=1S/C15H24/c1-2-3-4-5-6-7-9-12-15-13-10-8-11-14-15/h8,10-11,13-14H,2-7,9,12H2,1H3/i8D,10D,11D,13D,14D. The summed E-state index contributed by atoms with van der Waals surface area (Å²) >= 11 is 0. The molecule has 1 aromatic carbocycles. The Morgan fingerprint density at radius 2 is 1.47 bits per heavy atom. The van der Waals surface area contributed by atoms with Gasteiger partial charge in [0.05, 0.1) is 6.85 Å². The molecule has 1 rings (SSSR count). The van der Waals surface area contributed by atoms with E-state index in [4.69, 9.17) is 6.85 Å². The van der Waals surface area contributed by atoms with Crippen LogP contribution in [0.25, 0.3) is 0 Å². The van der Waals surface area contributed by atoms with Crippen LogP contribution < -0.4 is 0 Å². The van der Waals surface area contributed by atoms with Crippen LogP contribution in [0.1, 0.15) is 64.3 Å². The molecule has 0 heteroatoms. The second-order valence-corrected chi connectivity index (χ2v) is 3.97. The normalized spacial score (nSPS) is 15.1. The zero-order valence-electron chi connectivity index (χ0n) is 14.7. The van der Waals surface area contributed by atoms with Crippen molar-refractivity contribution >= 4 is 0 Å². The van der Waals surface area contributed by atoms with Crippen molar-refractivity contribution in [3.63, 3.8) is 0 Å². The van der Waals surface area contributed by atoms with E-state index in [2.05, 4.69) is 6.92 Å². The minimum atomic E-state index is -0.302. The van der Waals surface area contributed by atoms with Gasteiger partial charge >= 0.3 is 0 Å². The Balaban J connectivity index is 2.52. The summed E-state index contributed by atoms with van der Waals surface area (Å²) < 4.78 is 38.5. The van der Waals surface area contributed by atoms with Gasteiger partial charge in [0.1, 0.15) is 0 Å². The first-order valence-electron chi connectivity index (χ1n) is 8.56. The zero-order chi connectivity index (χ0) is 15.1. The lowest BCUT2D eigenvalue weighted by molar-refractivity contribution is 0.589. The van der Waals surface area contributed by atoms with Gasteiger partial charge < -0.3 is 0 Å². The first-order valence-corrected chi connectivity index (χ1v) is 6.06. The molecule has 0 heterocycles. The molecule has 0 aromatic heterocycles. The van der Waals surface area contributed by atoms with Crippen molar-refractivity contribution in [1.82, 2.24) is 0 Å². The largest absolute Gasteiger partial charge is 0.0654 e. The van der Waals surface area contributed by atoms with Gasteiger partial charge in [0.15, 0.2) is 0 Å². The molecule has 0 fully saturated rings. The molecule has 0 aliphatic rings. The first kappa shape index (κ1) is 6.73. The van der Waals surface area contributed by atoms with Crippen LogP contribution in [0.5, 0.6) is 0 Å². The topological polar surface area (TPSA) is 0 Å². The SMILES string of the molecule is [2H]c1c([2H])c([2H])c(CCCCCCCCC)c([2H])c1[2H]. The molecule has 0 saturated heterocycles. The lowest BCUT2D eigenvalue weighted by Gasteiger charge is -2.01. The smallest absolute Gasteiger partial charge is 0.0626 e. The predicted octanol–water partition coefficient (Wildman–Crippen LogP) is 4.98. The third kappa shape index (κ3) is 6.33. The van der Waals surface area contributed by atoms with Crippen LogP contribution in [-0.2, 0) is 6.42 Å². The molecular weight excluding hydrogens is 180 g/mol. The summed E-state index contributed by atoms with van der Waals surface area (Å²) in [7, 11) is 0. The number of unbranched alkanes of at least 4 members (excludes halogenated alkanes) is 6. The molecule has 0 bridgehead atoms. The summed E-state index contributed by atoms with van der Waals surface area (Å²) in [6, 6.07) is -0.819. The quantitative estimate of drug-likeness (QED) is 0.530. The molecule has 1 aromatic rings. The molecule has 0 amide bonds. The summed E-state index contributed by atoms with van der Waals surface area (Å²) in [5, 5.41) is 0. The molecule has 0 aliphatic heterocycles. The van der Waals surface area contributed by atoms with E-state index < -0.39 is 0 Å². The van der Waals surface area contributed by atoms with Gasteiger partial charge in [-0.15, -0.1) is 0 Å². The second-order valence-electron chi connectivity index (χ2n) is 3.97. The van der Waals surface area contributed by atoms with Crippen molar-refractivity contribution in [2.45, 2.75) is 58.3 Å². The Morgan fingerprint density at radius 1 is 0.867 bits per heavy atom. The highest BCUT2D eigenvalue weighted by Gasteiger charge is 1.92. The molecule has 0 atom stereocenters. The van der Waals surface area contributed by atoms with E-state index in [1.165, 1.54) is 32.1 Å². The van der Waals surface area contributed by atoms with E-state index in [9.17, 15) is 0 Å². The number of benzene rings is 1. The summed E-state index contributed by atoms with van der Waals surface area (Å²) in [5.41, 5.74) is 0.463. The molecule has 0 aliphatic carbocycles. The molecular formula is C15H24. The molecule has 0 N–H and O–H groups in total. The minimum absolute atomic E-state index is 0.0398. The van der Waals surface area contributed by atoms with E-state index in [-0.39, 0.29) is 30.2 Å². The zero-order valence-corrected chi connectivity index (χ0v) is 9.66. The van der Waals surface area contributed by atoms with Gasteiger partial charge in [-0.25, -0.2) is 0 Å². The van der Waals surface area contributed by atoms with E-state index in [0.29, 0.717) is 12.0 Å². The molecule has 15 heavy (non-hydrogen) atoms. The van der Waals surface area contributed by atoms with E-state index in [0.717, 1.165) is 12.8 Å². The fourth-order valence-electron chi connectivity index (χ4n) is 1.66. The van der Waals surface area contributed by atoms with Crippen LogP contribution in [-0.4, -0.2) is 0 Å². The maximum atomic E-state index is 7.83. The Morgan fingerprint density at radius 3 is 2.13 bits per heavy atom. The summed E-state index contributed by atoms with van der Waals surface area (Å²) in [6.45, 7) is 2.19. The first-order chi connectivity index (χ1) is 9.50. The highest BCUT2D eigenvalue weighted by atomic mass is 14.0. The van der Waals surface area contributed by atoms with Crippen molar-refractivity contribution in [2.75, 3.05) is 0 Å². The van der Waals surface area contributed by atoms with Crippen LogP contribution in [0.4, 0.5) is 0 Å². The average molecular weight is 209 g/mol. The van der Waals surface area contributed by atoms with Crippen LogP contribution in [0.15, 0.2) is 30.2 Å². The number of hydrogen-bond donors (Lipinski definition) is 0. The van der Waals surface area contributed by atoms with E-state index in [1.807, 2.05) is 0 Å². The fourth-order valence-corrected chi connectivity index (χ4v) is 1.66. The molecule has 0 unspecified atom stereocenters. The van der Waals surface area contributed by atoms with Gasteiger partial charge in [-0.2, -0.15) is 0 Å². The summed E-state index contributed by atoms with van der Waals surface area (Å²) in [4.78, 5) is 0. The lowest BCUT2D eigenvalue weighted by Crippen LogP contribution is -1.85. The van der Waals surface area contributed by atoms with Gasteiger partial charge in [-0.05, 0) is 18.4 Å². The van der Waals surface area contributed by atoms with Crippen molar-refractivity contribution in [1.29, 1.82) is 0 Å². The van der Waals surface area contributed by atoms with E-state index >= 15 is 0 Å². The van der Waals surface area contributed by atoms with Crippen molar-refractivity contribution in [3.05, 3.63) is 35.8 Å². The van der Waals surface area contributed by atoms with Crippen molar-refractivity contribution in [3.8, 4) is 0 Å². The van der Waals surface area contributed by atoms with E-state index in [1.54, 1.807) is 0 Å². The number of rotatable bonds is 8. The Kier molecular flexibility index (Phi) is 3.82. The van der Waals surface area contributed by atoms with Crippen LogP contribution in [0.2, 0.25) is 0 Å². The highest BCUT2D eigenvalue weighted by Crippen LogP contribution is 2.10. The third-order valence-corrected chi connectivity index (χ3v) is 2.58. The summed E-state index contributed by atoms with van der Waals surface area (Å²) in [6.07, 6.45) is 8.71. The van der Waals surface area contributed by atoms with Gasteiger partial charge in [-0.3, -0.25) is 0 Å². The Labute approximate surface area is 102 Å². The van der Waals surface area contributed by atoms with Crippen LogP contribution in [0, 0.1) is 0 Å². The van der Waals surface area contributed by atoms with Crippen molar-refractivity contribution in [2.24, 2.45) is 0 Å². The predicted molar refractivity (Wildman–Crippen MR) is 68.1 cm³/mol. The molecule has 0 spiro atoms. The highest BCUT2D eigenvalue weighted by molar-refractivity contribution is 5.14. The molecule has 84 valence electrons. The van der Waals surface area contributed by atoms with Gasteiger partial charge in [0.2, 0.25) is 0 Å². The molecule has 0 saturated carbocycles. The van der Waals surface area contributed by atoms with Crippen molar-refractivity contribution < 1.29 is 6.85 Å². The average Bonchev–Trinajstić information content (AvgIpc) is 2.45. The third-order valence-electron chi connectivity index (χ3n) is 2.58. The Bertz CT molecular complexity index is 413. The minimum Gasteiger partial charge on any atom is -0.0654 e. The Hall–Kier alpha value is -0.780. The van der Waals surface area contributed by atoms with Gasteiger partial charge in [0.25, 0.3) is 0 Å². The molecule has 0 nitrogen and oxygen atoms in total. The fraction of sp³-hybridized carbons (Fsp3) is 0.600. The van der Waals surface area contributed by atoms with Gasteiger partial charge in [-0.1, -0.05) is 75.7 Å². The van der Waals surface area contributed by atoms with Crippen LogP contribution >= 0.6 is 0 Å². The maximum absolute atomic E-state index is 7.83. The number of hydrogen-bond acceptors (Lipinski definition) is 0. The van der Waals surface area contributed by atoms with Gasteiger partial charge in [0, 0.05) is 0 Å². The second kappa shape index (κ2) is 8.52. The van der Waals surface area contributed by atoms with Crippen LogP contribution in [0.3, 0.4) is 0 Å². The maximum Gasteiger partial charge on any atom is 0.0626 e. The lowest BCUT2D eigenvalue weighted by atomic mass is 10.0. The summed E-state index contributed by atoms with van der Waals surface area (Å²) in [5.74, 6) is 0. The molecule has 0 radical (unpaired) electrons. The monoisotopic (exact) mass is 209 g/mol.